The van der Waals surface area contributed by atoms with E-state index in [9.17, 15) is 4.79 Å². The van der Waals surface area contributed by atoms with Gasteiger partial charge in [0.1, 0.15) is 0 Å². The third-order valence-corrected chi connectivity index (χ3v) is 2.18. The molecule has 0 bridgehead atoms. The fourth-order valence-corrected chi connectivity index (χ4v) is 1.22. The van der Waals surface area contributed by atoms with Crippen LogP contribution < -0.4 is 5.73 Å². The van der Waals surface area contributed by atoms with Crippen molar-refractivity contribution >= 4 is 5.91 Å². The SMILES string of the molecule is CN(CCc1ccccc1)C(=O)CN. The average molecular weight is 192 g/mol. The van der Waals surface area contributed by atoms with Crippen molar-refractivity contribution in [1.29, 1.82) is 0 Å². The van der Waals surface area contributed by atoms with E-state index in [1.807, 2.05) is 18.2 Å². The summed E-state index contributed by atoms with van der Waals surface area (Å²) >= 11 is 0. The molecule has 0 aromatic heterocycles. The molecule has 0 aliphatic rings. The Morgan fingerprint density at radius 2 is 2.00 bits per heavy atom. The van der Waals surface area contributed by atoms with E-state index >= 15 is 0 Å². The zero-order valence-electron chi connectivity index (χ0n) is 8.44. The number of carbonyl (C=O) groups is 1. The Morgan fingerprint density at radius 1 is 1.36 bits per heavy atom. The molecule has 0 aliphatic carbocycles. The number of nitrogens with zero attached hydrogens (tertiary/aromatic N) is 1. The molecule has 0 saturated heterocycles. The highest BCUT2D eigenvalue weighted by molar-refractivity contribution is 5.77. The second kappa shape index (κ2) is 5.40. The monoisotopic (exact) mass is 192 g/mol. The van der Waals surface area contributed by atoms with E-state index < -0.39 is 0 Å². The van der Waals surface area contributed by atoms with E-state index in [1.165, 1.54) is 5.56 Å². The first kappa shape index (κ1) is 10.7. The fraction of sp³-hybridized carbons (Fsp3) is 0.364. The molecule has 0 aliphatic heterocycles. The summed E-state index contributed by atoms with van der Waals surface area (Å²) in [5, 5.41) is 0. The molecule has 14 heavy (non-hydrogen) atoms. The smallest absolute Gasteiger partial charge is 0.236 e. The van der Waals surface area contributed by atoms with E-state index in [0.717, 1.165) is 13.0 Å². The first-order valence-electron chi connectivity index (χ1n) is 4.72. The molecule has 0 radical (unpaired) electrons. The molecule has 1 amide bonds. The maximum absolute atomic E-state index is 11.1. The van der Waals surface area contributed by atoms with Gasteiger partial charge < -0.3 is 10.6 Å². The molecule has 1 rings (SSSR count). The Labute approximate surface area is 84.5 Å². The topological polar surface area (TPSA) is 46.3 Å². The molecule has 76 valence electrons. The predicted molar refractivity (Wildman–Crippen MR) is 56.8 cm³/mol. The standard InChI is InChI=1S/C11H16N2O/c1-13(11(14)9-12)8-7-10-5-3-2-4-6-10/h2-6H,7-9,12H2,1H3. The summed E-state index contributed by atoms with van der Waals surface area (Å²) in [4.78, 5) is 12.8. The summed E-state index contributed by atoms with van der Waals surface area (Å²) in [5.74, 6) is -0.0130. The summed E-state index contributed by atoms with van der Waals surface area (Å²) in [6.45, 7) is 0.811. The van der Waals surface area contributed by atoms with E-state index in [4.69, 9.17) is 5.73 Å². The molecule has 3 nitrogen and oxygen atoms in total. The highest BCUT2D eigenvalue weighted by atomic mass is 16.2. The number of rotatable bonds is 4. The van der Waals surface area contributed by atoms with Crippen molar-refractivity contribution in [3.63, 3.8) is 0 Å². The number of nitrogens with two attached hydrogens (primary N) is 1. The molecular weight excluding hydrogens is 176 g/mol. The number of amides is 1. The third kappa shape index (κ3) is 3.18. The number of hydrogen-bond donors (Lipinski definition) is 1. The maximum atomic E-state index is 11.1. The van der Waals surface area contributed by atoms with Crippen LogP contribution in [0.5, 0.6) is 0 Å². The molecule has 1 aromatic carbocycles. The van der Waals surface area contributed by atoms with Gasteiger partial charge in [0, 0.05) is 13.6 Å². The zero-order chi connectivity index (χ0) is 10.4. The van der Waals surface area contributed by atoms with Crippen molar-refractivity contribution in [2.24, 2.45) is 5.73 Å². The van der Waals surface area contributed by atoms with Crippen molar-refractivity contribution in [2.45, 2.75) is 6.42 Å². The lowest BCUT2D eigenvalue weighted by Crippen LogP contribution is -2.34. The van der Waals surface area contributed by atoms with Crippen LogP contribution in [-0.2, 0) is 11.2 Å². The minimum Gasteiger partial charge on any atom is -0.344 e. The van der Waals surface area contributed by atoms with Crippen molar-refractivity contribution in [2.75, 3.05) is 20.1 Å². The Bertz CT molecular complexity index is 285. The lowest BCUT2D eigenvalue weighted by molar-refractivity contribution is -0.128. The molecule has 0 heterocycles. The predicted octanol–water partition coefficient (Wildman–Crippen LogP) is 0.646. The number of likely N-dealkylation sites (N-methyl/N-ethyl adjacent to an activating group) is 1. The van der Waals surface area contributed by atoms with Crippen molar-refractivity contribution in [1.82, 2.24) is 4.90 Å². The molecule has 0 spiro atoms. The van der Waals surface area contributed by atoms with Crippen molar-refractivity contribution in [3.05, 3.63) is 35.9 Å². The van der Waals surface area contributed by atoms with Gasteiger partial charge in [-0.05, 0) is 12.0 Å². The minimum atomic E-state index is -0.0130. The normalized spacial score (nSPS) is 9.86. The minimum absolute atomic E-state index is 0.0130. The summed E-state index contributed by atoms with van der Waals surface area (Å²) in [6, 6.07) is 10.1. The molecule has 2 N–H and O–H groups in total. The lowest BCUT2D eigenvalue weighted by atomic mass is 10.1. The first-order valence-corrected chi connectivity index (χ1v) is 4.72. The van der Waals surface area contributed by atoms with Gasteiger partial charge in [-0.1, -0.05) is 30.3 Å². The van der Waals surface area contributed by atoms with E-state index in [2.05, 4.69) is 12.1 Å². The number of carbonyl (C=O) groups excluding carboxylic acids is 1. The summed E-state index contributed by atoms with van der Waals surface area (Å²) in [7, 11) is 1.78. The van der Waals surface area contributed by atoms with E-state index in [1.54, 1.807) is 11.9 Å². The van der Waals surface area contributed by atoms with Crippen LogP contribution in [0.3, 0.4) is 0 Å². The summed E-state index contributed by atoms with van der Waals surface area (Å²) in [5.41, 5.74) is 6.49. The number of benzene rings is 1. The van der Waals surface area contributed by atoms with Gasteiger partial charge in [-0.2, -0.15) is 0 Å². The van der Waals surface area contributed by atoms with Gasteiger partial charge in [0.25, 0.3) is 0 Å². The third-order valence-electron chi connectivity index (χ3n) is 2.18. The molecule has 3 heteroatoms. The van der Waals surface area contributed by atoms with E-state index in [0.29, 0.717) is 0 Å². The van der Waals surface area contributed by atoms with Crippen LogP contribution >= 0.6 is 0 Å². The lowest BCUT2D eigenvalue weighted by Gasteiger charge is -2.15. The van der Waals surface area contributed by atoms with Crippen LogP contribution in [0.25, 0.3) is 0 Å². The van der Waals surface area contributed by atoms with Crippen LogP contribution in [-0.4, -0.2) is 30.9 Å². The Kier molecular flexibility index (Phi) is 4.13. The molecule has 0 unspecified atom stereocenters. The maximum Gasteiger partial charge on any atom is 0.236 e. The second-order valence-electron chi connectivity index (χ2n) is 3.26. The highest BCUT2D eigenvalue weighted by Gasteiger charge is 2.04. The van der Waals surface area contributed by atoms with Gasteiger partial charge >= 0.3 is 0 Å². The average Bonchev–Trinajstić information content (AvgIpc) is 2.26. The van der Waals surface area contributed by atoms with Crippen LogP contribution in [0.2, 0.25) is 0 Å². The molecule has 0 atom stereocenters. The molecule has 0 saturated carbocycles. The highest BCUT2D eigenvalue weighted by Crippen LogP contribution is 2.00. The van der Waals surface area contributed by atoms with Gasteiger partial charge in [-0.15, -0.1) is 0 Å². The second-order valence-corrected chi connectivity index (χ2v) is 3.26. The first-order chi connectivity index (χ1) is 6.74. The largest absolute Gasteiger partial charge is 0.344 e. The Balaban J connectivity index is 2.38. The molecule has 1 aromatic rings. The molecule has 0 fully saturated rings. The quantitative estimate of drug-likeness (QED) is 0.761. The van der Waals surface area contributed by atoms with Crippen LogP contribution in [0.1, 0.15) is 5.56 Å². The summed E-state index contributed by atoms with van der Waals surface area (Å²) in [6.07, 6.45) is 0.878. The molecular formula is C11H16N2O. The van der Waals surface area contributed by atoms with Gasteiger partial charge in [-0.3, -0.25) is 4.79 Å². The Hall–Kier alpha value is -1.35. The zero-order valence-corrected chi connectivity index (χ0v) is 8.44. The van der Waals surface area contributed by atoms with Crippen molar-refractivity contribution in [3.8, 4) is 0 Å². The van der Waals surface area contributed by atoms with Crippen LogP contribution in [0.15, 0.2) is 30.3 Å². The fourth-order valence-electron chi connectivity index (χ4n) is 1.22. The summed E-state index contributed by atoms with van der Waals surface area (Å²) < 4.78 is 0. The number of hydrogen-bond acceptors (Lipinski definition) is 2. The van der Waals surface area contributed by atoms with Crippen molar-refractivity contribution < 1.29 is 4.79 Å². The van der Waals surface area contributed by atoms with Gasteiger partial charge in [0.05, 0.1) is 6.54 Å². The van der Waals surface area contributed by atoms with Gasteiger partial charge in [0.2, 0.25) is 5.91 Å². The van der Waals surface area contributed by atoms with Gasteiger partial charge in [0.15, 0.2) is 0 Å². The van der Waals surface area contributed by atoms with Crippen LogP contribution in [0, 0.1) is 0 Å². The van der Waals surface area contributed by atoms with Gasteiger partial charge in [-0.25, -0.2) is 0 Å². The van der Waals surface area contributed by atoms with E-state index in [-0.39, 0.29) is 12.5 Å². The Morgan fingerprint density at radius 3 is 2.57 bits per heavy atom. The van der Waals surface area contributed by atoms with Crippen LogP contribution in [0.4, 0.5) is 0 Å².